The van der Waals surface area contributed by atoms with Gasteiger partial charge in [-0.15, -0.1) is 11.6 Å². The van der Waals surface area contributed by atoms with Crippen molar-refractivity contribution in [2.45, 2.75) is 5.88 Å². The van der Waals surface area contributed by atoms with Crippen LogP contribution < -0.4 is 4.74 Å². The lowest BCUT2D eigenvalue weighted by Crippen LogP contribution is -1.93. The Morgan fingerprint density at radius 3 is 2.59 bits per heavy atom. The topological polar surface area (TPSA) is 9.23 Å². The molecule has 0 aliphatic rings. The van der Waals surface area contributed by atoms with Crippen molar-refractivity contribution in [2.24, 2.45) is 0 Å². The van der Waals surface area contributed by atoms with Crippen LogP contribution in [0.4, 0.5) is 4.39 Å². The van der Waals surface area contributed by atoms with Crippen LogP contribution >= 0.6 is 23.2 Å². The predicted octanol–water partition coefficient (Wildman–Crippen LogP) is 5.01. The normalized spacial score (nSPS) is 10.3. The Morgan fingerprint density at radius 2 is 1.88 bits per heavy atom. The number of hydrogen-bond donors (Lipinski definition) is 0. The molecule has 0 fully saturated rings. The summed E-state index contributed by atoms with van der Waals surface area (Å²) in [6, 6.07) is 11.4. The molecular weight excluding hydrogens is 262 g/mol. The molecule has 0 radical (unpaired) electrons. The van der Waals surface area contributed by atoms with Gasteiger partial charge in [0.15, 0.2) is 11.6 Å². The van der Waals surface area contributed by atoms with Crippen LogP contribution in [-0.2, 0) is 5.88 Å². The Balaban J connectivity index is 2.35. The highest BCUT2D eigenvalue weighted by Crippen LogP contribution is 2.30. The third-order valence-corrected chi connectivity index (χ3v) is 2.73. The first-order valence-electron chi connectivity index (χ1n) is 4.97. The zero-order valence-corrected chi connectivity index (χ0v) is 10.3. The quantitative estimate of drug-likeness (QED) is 0.713. The van der Waals surface area contributed by atoms with Crippen molar-refractivity contribution in [3.63, 3.8) is 0 Å². The molecule has 2 aromatic carbocycles. The largest absolute Gasteiger partial charge is 0.454 e. The highest BCUT2D eigenvalue weighted by atomic mass is 35.5. The number of halogens is 3. The molecule has 0 aliphatic carbocycles. The van der Waals surface area contributed by atoms with E-state index in [-0.39, 0.29) is 11.6 Å². The SMILES string of the molecule is Fc1cccc(CCl)c1Oc1cccc(Cl)c1. The Kier molecular flexibility index (Phi) is 3.87. The zero-order chi connectivity index (χ0) is 12.3. The molecule has 1 nitrogen and oxygen atoms in total. The van der Waals surface area contributed by atoms with Crippen molar-refractivity contribution in [2.75, 3.05) is 0 Å². The van der Waals surface area contributed by atoms with Gasteiger partial charge in [-0.25, -0.2) is 4.39 Å². The van der Waals surface area contributed by atoms with E-state index in [1.165, 1.54) is 6.07 Å². The summed E-state index contributed by atoms with van der Waals surface area (Å²) in [6.07, 6.45) is 0. The second kappa shape index (κ2) is 5.39. The van der Waals surface area contributed by atoms with Gasteiger partial charge >= 0.3 is 0 Å². The average molecular weight is 271 g/mol. The first-order chi connectivity index (χ1) is 8.20. The van der Waals surface area contributed by atoms with Crippen molar-refractivity contribution in [3.8, 4) is 11.5 Å². The monoisotopic (exact) mass is 270 g/mol. The van der Waals surface area contributed by atoms with E-state index in [0.29, 0.717) is 16.3 Å². The summed E-state index contributed by atoms with van der Waals surface area (Å²) in [4.78, 5) is 0. The lowest BCUT2D eigenvalue weighted by atomic mass is 10.2. The Morgan fingerprint density at radius 1 is 1.12 bits per heavy atom. The fourth-order valence-corrected chi connectivity index (χ4v) is 1.81. The number of rotatable bonds is 3. The molecule has 0 aliphatic heterocycles. The molecule has 0 heterocycles. The maximum Gasteiger partial charge on any atom is 0.167 e. The van der Waals surface area contributed by atoms with Gasteiger partial charge in [-0.05, 0) is 24.3 Å². The molecule has 0 amide bonds. The summed E-state index contributed by atoms with van der Waals surface area (Å²) >= 11 is 11.6. The second-order valence-electron chi connectivity index (χ2n) is 3.42. The van der Waals surface area contributed by atoms with Crippen LogP contribution in [0.25, 0.3) is 0 Å². The van der Waals surface area contributed by atoms with Crippen LogP contribution in [0.5, 0.6) is 11.5 Å². The van der Waals surface area contributed by atoms with Crippen molar-refractivity contribution >= 4 is 23.2 Å². The second-order valence-corrected chi connectivity index (χ2v) is 4.12. The van der Waals surface area contributed by atoms with E-state index in [9.17, 15) is 4.39 Å². The van der Waals surface area contributed by atoms with E-state index in [4.69, 9.17) is 27.9 Å². The zero-order valence-electron chi connectivity index (χ0n) is 8.79. The molecule has 17 heavy (non-hydrogen) atoms. The van der Waals surface area contributed by atoms with E-state index in [1.807, 2.05) is 0 Å². The molecular formula is C13H9Cl2FO. The summed E-state index contributed by atoms with van der Waals surface area (Å²) in [7, 11) is 0. The molecule has 4 heteroatoms. The van der Waals surface area contributed by atoms with Crippen LogP contribution in [0.1, 0.15) is 5.56 Å². The number of benzene rings is 2. The van der Waals surface area contributed by atoms with E-state index in [2.05, 4.69) is 0 Å². The summed E-state index contributed by atoms with van der Waals surface area (Å²) in [5.74, 6) is 0.370. The molecule has 0 N–H and O–H groups in total. The van der Waals surface area contributed by atoms with Crippen molar-refractivity contribution in [3.05, 3.63) is 58.9 Å². The highest BCUT2D eigenvalue weighted by Gasteiger charge is 2.10. The summed E-state index contributed by atoms with van der Waals surface area (Å²) in [5.41, 5.74) is 0.603. The van der Waals surface area contributed by atoms with Crippen LogP contribution in [-0.4, -0.2) is 0 Å². The van der Waals surface area contributed by atoms with Gasteiger partial charge in [-0.2, -0.15) is 0 Å². The lowest BCUT2D eigenvalue weighted by molar-refractivity contribution is 0.438. The van der Waals surface area contributed by atoms with Crippen LogP contribution in [0.2, 0.25) is 5.02 Å². The third kappa shape index (κ3) is 2.90. The highest BCUT2D eigenvalue weighted by molar-refractivity contribution is 6.30. The molecule has 0 saturated carbocycles. The van der Waals surface area contributed by atoms with Crippen LogP contribution in [0, 0.1) is 5.82 Å². The molecule has 2 aromatic rings. The molecule has 0 unspecified atom stereocenters. The minimum atomic E-state index is -0.442. The first-order valence-corrected chi connectivity index (χ1v) is 5.88. The van der Waals surface area contributed by atoms with Gasteiger partial charge in [0.1, 0.15) is 5.75 Å². The van der Waals surface area contributed by atoms with Gasteiger partial charge < -0.3 is 4.74 Å². The third-order valence-electron chi connectivity index (χ3n) is 2.21. The first kappa shape index (κ1) is 12.2. The van der Waals surface area contributed by atoms with E-state index in [0.717, 1.165) is 0 Å². The average Bonchev–Trinajstić information content (AvgIpc) is 2.32. The van der Waals surface area contributed by atoms with Crippen LogP contribution in [0.15, 0.2) is 42.5 Å². The fourth-order valence-electron chi connectivity index (χ4n) is 1.42. The summed E-state index contributed by atoms with van der Waals surface area (Å²) < 4.78 is 19.1. The van der Waals surface area contributed by atoms with Gasteiger partial charge in [0, 0.05) is 10.6 Å². The maximum absolute atomic E-state index is 13.6. The molecule has 2 rings (SSSR count). The minimum Gasteiger partial charge on any atom is -0.454 e. The molecule has 0 aromatic heterocycles. The van der Waals surface area contributed by atoms with E-state index < -0.39 is 5.82 Å². The van der Waals surface area contributed by atoms with Gasteiger partial charge in [-0.3, -0.25) is 0 Å². The van der Waals surface area contributed by atoms with E-state index >= 15 is 0 Å². The standard InChI is InChI=1S/C13H9Cl2FO/c14-8-9-3-1-6-12(16)13(9)17-11-5-2-4-10(15)7-11/h1-7H,8H2. The molecule has 0 spiro atoms. The number of para-hydroxylation sites is 1. The van der Waals surface area contributed by atoms with Crippen LogP contribution in [0.3, 0.4) is 0 Å². The predicted molar refractivity (Wildman–Crippen MR) is 67.5 cm³/mol. The lowest BCUT2D eigenvalue weighted by Gasteiger charge is -2.10. The van der Waals surface area contributed by atoms with Gasteiger partial charge in [-0.1, -0.05) is 29.8 Å². The van der Waals surface area contributed by atoms with Gasteiger partial charge in [0.05, 0.1) is 5.88 Å². The molecule has 88 valence electrons. The smallest absolute Gasteiger partial charge is 0.167 e. The fraction of sp³-hybridized carbons (Fsp3) is 0.0769. The molecule has 0 bridgehead atoms. The van der Waals surface area contributed by atoms with Crippen molar-refractivity contribution in [1.29, 1.82) is 0 Å². The Labute approximate surface area is 109 Å². The number of alkyl halides is 1. The van der Waals surface area contributed by atoms with Gasteiger partial charge in [0.2, 0.25) is 0 Å². The van der Waals surface area contributed by atoms with Crippen molar-refractivity contribution in [1.82, 2.24) is 0 Å². The Bertz CT molecular complexity index is 529. The molecule has 0 atom stereocenters. The van der Waals surface area contributed by atoms with Gasteiger partial charge in [0.25, 0.3) is 0 Å². The Hall–Kier alpha value is -1.25. The molecule has 0 saturated heterocycles. The number of hydrogen-bond acceptors (Lipinski definition) is 1. The summed E-state index contributed by atoms with van der Waals surface area (Å²) in [6.45, 7) is 0. The minimum absolute atomic E-state index is 0.143. The van der Waals surface area contributed by atoms with Crippen molar-refractivity contribution < 1.29 is 9.13 Å². The summed E-state index contributed by atoms with van der Waals surface area (Å²) in [5, 5.41) is 0.534. The maximum atomic E-state index is 13.6. The number of ether oxygens (including phenoxy) is 1. The van der Waals surface area contributed by atoms with E-state index in [1.54, 1.807) is 36.4 Å².